The summed E-state index contributed by atoms with van der Waals surface area (Å²) in [5.74, 6) is 3.85. The lowest BCUT2D eigenvalue weighted by Crippen LogP contribution is -2.19. The molecule has 1 aliphatic rings. The van der Waals surface area contributed by atoms with Crippen LogP contribution in [-0.4, -0.2) is 25.3 Å². The van der Waals surface area contributed by atoms with Crippen LogP contribution < -0.4 is 9.64 Å². The minimum absolute atomic E-state index is 0.538. The van der Waals surface area contributed by atoms with Crippen LogP contribution in [0.1, 0.15) is 25.3 Å². The summed E-state index contributed by atoms with van der Waals surface area (Å²) in [6.45, 7) is 5.64. The Morgan fingerprint density at radius 1 is 1.38 bits per heavy atom. The van der Waals surface area contributed by atoms with Crippen molar-refractivity contribution in [2.75, 3.05) is 30.2 Å². The molecule has 1 heterocycles. The maximum atomic E-state index is 5.30. The van der Waals surface area contributed by atoms with E-state index in [4.69, 9.17) is 4.74 Å². The lowest BCUT2D eigenvalue weighted by atomic mass is 10.00. The molecule has 0 bridgehead atoms. The molecule has 2 rings (SSSR count). The third-order valence-corrected chi connectivity index (χ3v) is 3.92. The summed E-state index contributed by atoms with van der Waals surface area (Å²) in [6.07, 6.45) is 0. The molecule has 0 aliphatic carbocycles. The predicted molar refractivity (Wildman–Crippen MR) is 71.8 cm³/mol. The lowest BCUT2D eigenvalue weighted by molar-refractivity contribution is 0.414. The van der Waals surface area contributed by atoms with Gasteiger partial charge in [-0.1, -0.05) is 13.8 Å². The molecule has 0 saturated carbocycles. The summed E-state index contributed by atoms with van der Waals surface area (Å²) in [5, 5.41) is 0. The van der Waals surface area contributed by atoms with Crippen LogP contribution in [-0.2, 0) is 0 Å². The molecule has 0 atom stereocenters. The maximum Gasteiger partial charge on any atom is 0.119 e. The molecule has 1 aliphatic heterocycles. The normalized spacial score (nSPS) is 15.9. The highest BCUT2D eigenvalue weighted by molar-refractivity contribution is 7.99. The van der Waals surface area contributed by atoms with Gasteiger partial charge in [0.05, 0.1) is 13.0 Å². The lowest BCUT2D eigenvalue weighted by Gasteiger charge is -2.23. The zero-order valence-electron chi connectivity index (χ0n) is 10.2. The SMILES string of the molecule is COc1ccc(N2CCSC2)c(C(C)C)c1. The Morgan fingerprint density at radius 3 is 2.75 bits per heavy atom. The molecular formula is C13H19NOS. The average Bonchev–Trinajstić information content (AvgIpc) is 2.81. The summed E-state index contributed by atoms with van der Waals surface area (Å²) >= 11 is 2.00. The van der Waals surface area contributed by atoms with E-state index >= 15 is 0 Å². The zero-order chi connectivity index (χ0) is 11.5. The summed E-state index contributed by atoms with van der Waals surface area (Å²) in [7, 11) is 1.73. The van der Waals surface area contributed by atoms with Gasteiger partial charge in [0.25, 0.3) is 0 Å². The molecule has 0 spiro atoms. The molecular weight excluding hydrogens is 218 g/mol. The first kappa shape index (κ1) is 11.6. The number of nitrogens with zero attached hydrogens (tertiary/aromatic N) is 1. The van der Waals surface area contributed by atoms with Crippen LogP contribution in [0.15, 0.2) is 18.2 Å². The summed E-state index contributed by atoms with van der Waals surface area (Å²) in [6, 6.07) is 6.42. The molecule has 0 amide bonds. The fourth-order valence-electron chi connectivity index (χ4n) is 2.01. The fraction of sp³-hybridized carbons (Fsp3) is 0.538. The van der Waals surface area contributed by atoms with Crippen LogP contribution in [0.25, 0.3) is 0 Å². The summed E-state index contributed by atoms with van der Waals surface area (Å²) < 4.78 is 5.30. The van der Waals surface area contributed by atoms with Crippen molar-refractivity contribution in [1.29, 1.82) is 0 Å². The Balaban J connectivity index is 2.35. The third kappa shape index (κ3) is 2.29. The molecule has 1 fully saturated rings. The predicted octanol–water partition coefficient (Wildman–Crippen LogP) is 3.33. The number of benzene rings is 1. The van der Waals surface area contributed by atoms with Crippen LogP contribution in [0.2, 0.25) is 0 Å². The van der Waals surface area contributed by atoms with Gasteiger partial charge in [-0.05, 0) is 29.7 Å². The van der Waals surface area contributed by atoms with Gasteiger partial charge in [0, 0.05) is 18.0 Å². The third-order valence-electron chi connectivity index (χ3n) is 2.95. The first-order valence-electron chi connectivity index (χ1n) is 5.73. The number of hydrogen-bond acceptors (Lipinski definition) is 3. The van der Waals surface area contributed by atoms with Crippen LogP contribution in [0, 0.1) is 0 Å². The van der Waals surface area contributed by atoms with E-state index < -0.39 is 0 Å². The second kappa shape index (κ2) is 5.00. The van der Waals surface area contributed by atoms with Crippen molar-refractivity contribution in [2.45, 2.75) is 19.8 Å². The van der Waals surface area contributed by atoms with Crippen LogP contribution in [0.4, 0.5) is 5.69 Å². The second-order valence-electron chi connectivity index (χ2n) is 4.38. The molecule has 0 N–H and O–H groups in total. The molecule has 1 saturated heterocycles. The Kier molecular flexibility index (Phi) is 3.64. The van der Waals surface area contributed by atoms with E-state index in [0.717, 1.165) is 18.2 Å². The molecule has 3 heteroatoms. The van der Waals surface area contributed by atoms with E-state index in [0.29, 0.717) is 5.92 Å². The number of ether oxygens (including phenoxy) is 1. The van der Waals surface area contributed by atoms with Gasteiger partial charge in [0.15, 0.2) is 0 Å². The minimum atomic E-state index is 0.538. The fourth-order valence-corrected chi connectivity index (χ4v) is 2.98. The van der Waals surface area contributed by atoms with E-state index in [9.17, 15) is 0 Å². The van der Waals surface area contributed by atoms with Crippen molar-refractivity contribution >= 4 is 17.4 Å². The van der Waals surface area contributed by atoms with E-state index in [-0.39, 0.29) is 0 Å². The Labute approximate surface area is 102 Å². The van der Waals surface area contributed by atoms with Crippen molar-refractivity contribution in [3.05, 3.63) is 23.8 Å². The Morgan fingerprint density at radius 2 is 2.19 bits per heavy atom. The zero-order valence-corrected chi connectivity index (χ0v) is 11.0. The van der Waals surface area contributed by atoms with Gasteiger partial charge in [-0.15, -0.1) is 11.8 Å². The molecule has 0 aromatic heterocycles. The van der Waals surface area contributed by atoms with Gasteiger partial charge in [0.1, 0.15) is 5.75 Å². The van der Waals surface area contributed by atoms with Gasteiger partial charge in [0.2, 0.25) is 0 Å². The number of methoxy groups -OCH3 is 1. The highest BCUT2D eigenvalue weighted by Gasteiger charge is 2.17. The first-order valence-corrected chi connectivity index (χ1v) is 6.88. The number of hydrogen-bond donors (Lipinski definition) is 0. The summed E-state index contributed by atoms with van der Waals surface area (Å²) in [5.41, 5.74) is 2.77. The number of anilines is 1. The first-order chi connectivity index (χ1) is 7.72. The van der Waals surface area contributed by atoms with Gasteiger partial charge in [-0.3, -0.25) is 0 Å². The molecule has 1 aromatic carbocycles. The van der Waals surface area contributed by atoms with Gasteiger partial charge in [-0.2, -0.15) is 0 Å². The second-order valence-corrected chi connectivity index (χ2v) is 5.45. The van der Waals surface area contributed by atoms with Crippen LogP contribution in [0.3, 0.4) is 0 Å². The Bertz CT molecular complexity index is 359. The van der Waals surface area contributed by atoms with E-state index in [1.165, 1.54) is 17.0 Å². The minimum Gasteiger partial charge on any atom is -0.497 e. The molecule has 88 valence electrons. The van der Waals surface area contributed by atoms with Gasteiger partial charge >= 0.3 is 0 Å². The van der Waals surface area contributed by atoms with Crippen LogP contribution in [0.5, 0.6) is 5.75 Å². The molecule has 2 nitrogen and oxygen atoms in total. The highest BCUT2D eigenvalue weighted by atomic mass is 32.2. The van der Waals surface area contributed by atoms with E-state index in [2.05, 4.69) is 36.9 Å². The van der Waals surface area contributed by atoms with Crippen molar-refractivity contribution in [3.8, 4) is 5.75 Å². The van der Waals surface area contributed by atoms with Gasteiger partial charge < -0.3 is 9.64 Å². The molecule has 0 radical (unpaired) electrons. The average molecular weight is 237 g/mol. The quantitative estimate of drug-likeness (QED) is 0.800. The molecule has 1 aromatic rings. The maximum absolute atomic E-state index is 5.30. The van der Waals surface area contributed by atoms with E-state index in [1.807, 2.05) is 11.8 Å². The van der Waals surface area contributed by atoms with Crippen molar-refractivity contribution in [2.24, 2.45) is 0 Å². The van der Waals surface area contributed by atoms with Gasteiger partial charge in [-0.25, -0.2) is 0 Å². The molecule has 16 heavy (non-hydrogen) atoms. The van der Waals surface area contributed by atoms with Crippen molar-refractivity contribution in [1.82, 2.24) is 0 Å². The standard InChI is InChI=1S/C13H19NOS/c1-10(2)12-8-11(15-3)4-5-13(12)14-6-7-16-9-14/h4-5,8,10H,6-7,9H2,1-3H3. The van der Waals surface area contributed by atoms with Crippen molar-refractivity contribution in [3.63, 3.8) is 0 Å². The topological polar surface area (TPSA) is 12.5 Å². The number of rotatable bonds is 3. The smallest absolute Gasteiger partial charge is 0.119 e. The Hall–Kier alpha value is -0.830. The largest absolute Gasteiger partial charge is 0.497 e. The summed E-state index contributed by atoms with van der Waals surface area (Å²) in [4.78, 5) is 2.46. The van der Waals surface area contributed by atoms with E-state index in [1.54, 1.807) is 7.11 Å². The molecule has 0 unspecified atom stereocenters. The van der Waals surface area contributed by atoms with Crippen molar-refractivity contribution < 1.29 is 4.74 Å². The monoisotopic (exact) mass is 237 g/mol. The number of thioether (sulfide) groups is 1. The van der Waals surface area contributed by atoms with Crippen LogP contribution >= 0.6 is 11.8 Å². The highest BCUT2D eigenvalue weighted by Crippen LogP contribution is 2.33.